The van der Waals surface area contributed by atoms with Crippen molar-refractivity contribution < 1.29 is 9.90 Å². The van der Waals surface area contributed by atoms with Gasteiger partial charge in [-0.05, 0) is 48.9 Å². The van der Waals surface area contributed by atoms with Crippen molar-refractivity contribution >= 4 is 5.91 Å². The van der Waals surface area contributed by atoms with E-state index in [1.807, 2.05) is 24.3 Å². The number of aryl methyl sites for hydroxylation is 2. The van der Waals surface area contributed by atoms with E-state index in [9.17, 15) is 4.79 Å². The predicted molar refractivity (Wildman–Crippen MR) is 84.1 cm³/mol. The maximum Gasteiger partial charge on any atom is 0.253 e. The molecule has 0 heterocycles. The summed E-state index contributed by atoms with van der Waals surface area (Å²) in [5.41, 5.74) is 3.13. The van der Waals surface area contributed by atoms with Gasteiger partial charge in [-0.2, -0.15) is 0 Å². The fourth-order valence-corrected chi connectivity index (χ4v) is 2.34. The number of hydrogen-bond donors (Lipinski definition) is 2. The van der Waals surface area contributed by atoms with Gasteiger partial charge < -0.3 is 10.4 Å². The number of rotatable bonds is 7. The molecule has 0 radical (unpaired) electrons. The average molecular weight is 283 g/mol. The molecule has 110 valence electrons. The molecular weight excluding hydrogens is 262 g/mol. The minimum absolute atomic E-state index is 0.233. The fourth-order valence-electron chi connectivity index (χ4n) is 2.34. The van der Waals surface area contributed by atoms with Crippen molar-refractivity contribution in [2.45, 2.75) is 25.7 Å². The van der Waals surface area contributed by atoms with Gasteiger partial charge in [0.1, 0.15) is 6.73 Å². The molecule has 21 heavy (non-hydrogen) atoms. The van der Waals surface area contributed by atoms with E-state index < -0.39 is 0 Å². The summed E-state index contributed by atoms with van der Waals surface area (Å²) in [5.74, 6) is -0.233. The first kappa shape index (κ1) is 15.3. The van der Waals surface area contributed by atoms with Gasteiger partial charge in [0.15, 0.2) is 0 Å². The lowest BCUT2D eigenvalue weighted by atomic mass is 10.0. The van der Waals surface area contributed by atoms with Gasteiger partial charge >= 0.3 is 0 Å². The quantitative estimate of drug-likeness (QED) is 0.606. The molecule has 0 saturated carbocycles. The van der Waals surface area contributed by atoms with Gasteiger partial charge in [0.25, 0.3) is 5.91 Å². The van der Waals surface area contributed by atoms with Gasteiger partial charge in [-0.3, -0.25) is 4.79 Å². The van der Waals surface area contributed by atoms with E-state index in [1.54, 1.807) is 6.07 Å². The van der Waals surface area contributed by atoms with Crippen LogP contribution in [0, 0.1) is 0 Å². The highest BCUT2D eigenvalue weighted by atomic mass is 16.3. The smallest absolute Gasteiger partial charge is 0.253 e. The van der Waals surface area contributed by atoms with E-state index in [-0.39, 0.29) is 12.6 Å². The Kier molecular flexibility index (Phi) is 5.98. The van der Waals surface area contributed by atoms with Gasteiger partial charge in [-0.15, -0.1) is 0 Å². The second kappa shape index (κ2) is 8.22. The maximum atomic E-state index is 11.6. The predicted octanol–water partition coefficient (Wildman–Crippen LogP) is 2.93. The first-order chi connectivity index (χ1) is 10.3. The molecule has 0 saturated heterocycles. The summed E-state index contributed by atoms with van der Waals surface area (Å²) in [6.07, 6.45) is 4.29. The lowest BCUT2D eigenvalue weighted by molar-refractivity contribution is 0.0910. The van der Waals surface area contributed by atoms with Gasteiger partial charge in [-0.1, -0.05) is 42.5 Å². The van der Waals surface area contributed by atoms with Crippen LogP contribution in [-0.4, -0.2) is 17.7 Å². The Morgan fingerprint density at radius 3 is 2.29 bits per heavy atom. The molecule has 1 amide bonds. The van der Waals surface area contributed by atoms with Crippen molar-refractivity contribution in [1.82, 2.24) is 5.32 Å². The summed E-state index contributed by atoms with van der Waals surface area (Å²) in [4.78, 5) is 11.6. The van der Waals surface area contributed by atoms with Crippen LogP contribution < -0.4 is 5.32 Å². The second-order valence-corrected chi connectivity index (χ2v) is 5.06. The lowest BCUT2D eigenvalue weighted by Crippen LogP contribution is -2.24. The van der Waals surface area contributed by atoms with Crippen LogP contribution in [0.4, 0.5) is 0 Å². The molecule has 0 aliphatic rings. The second-order valence-electron chi connectivity index (χ2n) is 5.06. The number of aliphatic hydroxyl groups is 1. The Hall–Kier alpha value is -2.13. The molecule has 2 aromatic rings. The number of unbranched alkanes of at least 4 members (excludes halogenated alkanes) is 1. The van der Waals surface area contributed by atoms with Crippen LogP contribution in [0.2, 0.25) is 0 Å². The van der Waals surface area contributed by atoms with Crippen LogP contribution in [0.3, 0.4) is 0 Å². The number of amides is 1. The number of hydrogen-bond acceptors (Lipinski definition) is 2. The van der Waals surface area contributed by atoms with Gasteiger partial charge in [0.2, 0.25) is 0 Å². The van der Waals surface area contributed by atoms with Crippen LogP contribution in [0.5, 0.6) is 0 Å². The topological polar surface area (TPSA) is 49.3 Å². The zero-order valence-corrected chi connectivity index (χ0v) is 12.1. The largest absolute Gasteiger partial charge is 0.376 e. The zero-order valence-electron chi connectivity index (χ0n) is 12.1. The Labute approximate surface area is 125 Å². The Balaban J connectivity index is 1.80. The summed E-state index contributed by atoms with van der Waals surface area (Å²) < 4.78 is 0. The number of carbonyl (C=O) groups excluding carboxylic acids is 1. The molecule has 0 unspecified atom stereocenters. The molecular formula is C18H21NO2. The van der Waals surface area contributed by atoms with E-state index >= 15 is 0 Å². The minimum atomic E-state index is -0.333. The lowest BCUT2D eigenvalue weighted by Gasteiger charge is -2.06. The van der Waals surface area contributed by atoms with Crippen molar-refractivity contribution in [1.29, 1.82) is 0 Å². The zero-order chi connectivity index (χ0) is 14.9. The van der Waals surface area contributed by atoms with Crippen LogP contribution in [0.25, 0.3) is 0 Å². The summed E-state index contributed by atoms with van der Waals surface area (Å²) in [6, 6.07) is 18.1. The Morgan fingerprint density at radius 2 is 1.57 bits per heavy atom. The van der Waals surface area contributed by atoms with Crippen LogP contribution in [0.1, 0.15) is 34.3 Å². The highest BCUT2D eigenvalue weighted by Crippen LogP contribution is 2.11. The molecule has 0 bridgehead atoms. The standard InChI is InChI=1S/C18H21NO2/c20-14-19-18(21)17-12-6-11-16(13-17)10-5-4-9-15-7-2-1-3-8-15/h1-3,6-8,11-13,20H,4-5,9-10,14H2,(H,19,21). The van der Waals surface area contributed by atoms with Crippen molar-refractivity contribution in [3.63, 3.8) is 0 Å². The molecule has 3 nitrogen and oxygen atoms in total. The Morgan fingerprint density at radius 1 is 0.905 bits per heavy atom. The molecule has 0 fully saturated rings. The summed E-state index contributed by atoms with van der Waals surface area (Å²) in [7, 11) is 0. The molecule has 0 atom stereocenters. The maximum absolute atomic E-state index is 11.6. The molecule has 3 heteroatoms. The van der Waals surface area contributed by atoms with E-state index in [1.165, 1.54) is 5.56 Å². The number of aliphatic hydroxyl groups excluding tert-OH is 1. The summed E-state index contributed by atoms with van der Waals surface area (Å²) in [6.45, 7) is -0.333. The van der Waals surface area contributed by atoms with E-state index in [0.717, 1.165) is 31.2 Å². The van der Waals surface area contributed by atoms with Crippen LogP contribution in [0.15, 0.2) is 54.6 Å². The molecule has 2 rings (SSSR count). The van der Waals surface area contributed by atoms with E-state index in [0.29, 0.717) is 5.56 Å². The minimum Gasteiger partial charge on any atom is -0.376 e. The van der Waals surface area contributed by atoms with Crippen LogP contribution in [-0.2, 0) is 12.8 Å². The van der Waals surface area contributed by atoms with E-state index in [4.69, 9.17) is 5.11 Å². The van der Waals surface area contributed by atoms with Crippen molar-refractivity contribution in [2.24, 2.45) is 0 Å². The third kappa shape index (κ3) is 5.04. The van der Waals surface area contributed by atoms with Crippen molar-refractivity contribution in [3.8, 4) is 0 Å². The molecule has 2 aromatic carbocycles. The van der Waals surface area contributed by atoms with Gasteiger partial charge in [0, 0.05) is 5.56 Å². The van der Waals surface area contributed by atoms with Gasteiger partial charge in [0.05, 0.1) is 0 Å². The molecule has 2 N–H and O–H groups in total. The average Bonchev–Trinajstić information content (AvgIpc) is 2.53. The third-order valence-electron chi connectivity index (χ3n) is 3.45. The summed E-state index contributed by atoms with van der Waals surface area (Å²) in [5, 5.41) is 11.1. The molecule has 0 aliphatic carbocycles. The highest BCUT2D eigenvalue weighted by Gasteiger charge is 2.04. The number of carbonyl (C=O) groups is 1. The van der Waals surface area contributed by atoms with E-state index in [2.05, 4.69) is 29.6 Å². The Bertz CT molecular complexity index is 566. The highest BCUT2D eigenvalue weighted by molar-refractivity contribution is 5.94. The first-order valence-corrected chi connectivity index (χ1v) is 7.31. The molecule has 0 aromatic heterocycles. The molecule has 0 aliphatic heterocycles. The number of benzene rings is 2. The van der Waals surface area contributed by atoms with Gasteiger partial charge in [-0.25, -0.2) is 0 Å². The van der Waals surface area contributed by atoms with Crippen molar-refractivity contribution in [3.05, 3.63) is 71.3 Å². The number of nitrogens with one attached hydrogen (secondary N) is 1. The molecule has 0 spiro atoms. The van der Waals surface area contributed by atoms with Crippen LogP contribution >= 0.6 is 0 Å². The normalized spacial score (nSPS) is 10.3. The third-order valence-corrected chi connectivity index (χ3v) is 3.45. The first-order valence-electron chi connectivity index (χ1n) is 7.31. The summed E-state index contributed by atoms with van der Waals surface area (Å²) >= 11 is 0. The monoisotopic (exact) mass is 283 g/mol. The fraction of sp³-hybridized carbons (Fsp3) is 0.278. The SMILES string of the molecule is O=C(NCO)c1cccc(CCCCc2ccccc2)c1. The van der Waals surface area contributed by atoms with Crippen molar-refractivity contribution in [2.75, 3.05) is 6.73 Å².